The number of carbonyl (C=O) groups excluding carboxylic acids is 3. The predicted octanol–water partition coefficient (Wildman–Crippen LogP) is -0.354. The number of carbonyl (C=O) groups is 4. The lowest BCUT2D eigenvalue weighted by atomic mass is 10.0. The Morgan fingerprint density at radius 1 is 0.833 bits per heavy atom. The number of para-hydroxylation sites is 1. The van der Waals surface area contributed by atoms with E-state index in [4.69, 9.17) is 11.5 Å². The van der Waals surface area contributed by atoms with Crippen LogP contribution < -0.4 is 27.4 Å². The highest BCUT2D eigenvalue weighted by Crippen LogP contribution is 2.19. The number of hydrogen-bond donors (Lipinski definition) is 9. The van der Waals surface area contributed by atoms with Crippen LogP contribution in [-0.4, -0.2) is 81.3 Å². The van der Waals surface area contributed by atoms with E-state index in [2.05, 4.69) is 20.9 Å². The maximum absolute atomic E-state index is 13.4. The molecule has 0 aliphatic heterocycles. The zero-order valence-corrected chi connectivity index (χ0v) is 23.1. The minimum atomic E-state index is -1.41. The smallest absolute Gasteiger partial charge is 0.326 e. The number of nitrogens with one attached hydrogen (secondary N) is 4. The van der Waals surface area contributed by atoms with Crippen molar-refractivity contribution in [3.8, 4) is 5.75 Å². The van der Waals surface area contributed by atoms with Crippen LogP contribution in [0.1, 0.15) is 30.4 Å². The van der Waals surface area contributed by atoms with Gasteiger partial charge < -0.3 is 47.7 Å². The first-order valence-corrected chi connectivity index (χ1v) is 13.7. The number of rotatable bonds is 16. The summed E-state index contributed by atoms with van der Waals surface area (Å²) in [4.78, 5) is 54.2. The maximum atomic E-state index is 13.4. The van der Waals surface area contributed by atoms with Gasteiger partial charge in [-0.1, -0.05) is 36.8 Å². The van der Waals surface area contributed by atoms with Crippen molar-refractivity contribution < 1.29 is 34.5 Å². The Bertz CT molecular complexity index is 1360. The summed E-state index contributed by atoms with van der Waals surface area (Å²) in [5.41, 5.74) is 13.4. The quantitative estimate of drug-likeness (QED) is 0.100. The first kappa shape index (κ1) is 32.1. The third-order valence-electron chi connectivity index (χ3n) is 6.84. The second-order valence-electron chi connectivity index (χ2n) is 10.0. The van der Waals surface area contributed by atoms with Crippen molar-refractivity contribution in [1.29, 1.82) is 0 Å². The Morgan fingerprint density at radius 3 is 2.14 bits per heavy atom. The van der Waals surface area contributed by atoms with Crippen molar-refractivity contribution in [3.05, 3.63) is 65.9 Å². The van der Waals surface area contributed by atoms with Gasteiger partial charge in [-0.05, 0) is 48.7 Å². The fraction of sp³-hybridized carbons (Fsp3) is 0.379. The summed E-state index contributed by atoms with van der Waals surface area (Å²) in [6.07, 6.45) is 3.21. The Labute approximate surface area is 242 Å². The fourth-order valence-electron chi connectivity index (χ4n) is 4.45. The molecular formula is C29H38N6O7. The molecule has 226 valence electrons. The van der Waals surface area contributed by atoms with Crippen molar-refractivity contribution in [2.24, 2.45) is 11.5 Å². The highest BCUT2D eigenvalue weighted by molar-refractivity contribution is 5.94. The molecule has 42 heavy (non-hydrogen) atoms. The van der Waals surface area contributed by atoms with Crippen molar-refractivity contribution in [2.75, 3.05) is 13.2 Å². The molecule has 0 bridgehead atoms. The summed E-state index contributed by atoms with van der Waals surface area (Å²) in [6.45, 7) is -0.316. The number of nitrogens with two attached hydrogens (primary N) is 2. The molecule has 0 aliphatic rings. The highest BCUT2D eigenvalue weighted by atomic mass is 16.4. The first-order chi connectivity index (χ1) is 20.1. The van der Waals surface area contributed by atoms with Crippen molar-refractivity contribution in [3.63, 3.8) is 0 Å². The molecule has 3 aromatic rings. The second-order valence-corrected chi connectivity index (χ2v) is 10.0. The number of amides is 3. The van der Waals surface area contributed by atoms with Gasteiger partial charge in [0.15, 0.2) is 0 Å². The number of hydrogen-bond acceptors (Lipinski definition) is 8. The predicted molar refractivity (Wildman–Crippen MR) is 155 cm³/mol. The van der Waals surface area contributed by atoms with Crippen LogP contribution in [0.2, 0.25) is 0 Å². The van der Waals surface area contributed by atoms with Gasteiger partial charge in [0.05, 0.1) is 12.6 Å². The normalized spacial score (nSPS) is 14.0. The molecule has 0 saturated carbocycles. The maximum Gasteiger partial charge on any atom is 0.326 e. The van der Waals surface area contributed by atoms with Crippen LogP contribution in [0.3, 0.4) is 0 Å². The molecule has 0 aliphatic carbocycles. The van der Waals surface area contributed by atoms with Gasteiger partial charge in [-0.25, -0.2) is 4.79 Å². The molecular weight excluding hydrogens is 544 g/mol. The number of aromatic nitrogens is 1. The molecule has 0 fully saturated rings. The topological polar surface area (TPSA) is 233 Å². The van der Waals surface area contributed by atoms with Crippen LogP contribution >= 0.6 is 0 Å². The number of unbranched alkanes of at least 4 members (excludes halogenated alkanes) is 1. The molecule has 3 rings (SSSR count). The van der Waals surface area contributed by atoms with Gasteiger partial charge >= 0.3 is 5.97 Å². The molecule has 2 aromatic carbocycles. The molecule has 13 nitrogen and oxygen atoms in total. The van der Waals surface area contributed by atoms with Crippen molar-refractivity contribution in [1.82, 2.24) is 20.9 Å². The summed E-state index contributed by atoms with van der Waals surface area (Å²) < 4.78 is 0. The number of aromatic hydroxyl groups is 1. The fourth-order valence-corrected chi connectivity index (χ4v) is 4.45. The average molecular weight is 583 g/mol. The van der Waals surface area contributed by atoms with Gasteiger partial charge in [-0.2, -0.15) is 0 Å². The van der Waals surface area contributed by atoms with E-state index < -0.39 is 54.5 Å². The lowest BCUT2D eigenvalue weighted by molar-refractivity contribution is -0.142. The third kappa shape index (κ3) is 9.03. The molecule has 4 atom stereocenters. The molecule has 0 spiro atoms. The summed E-state index contributed by atoms with van der Waals surface area (Å²) in [5, 5.41) is 37.6. The standard InChI is InChI=1S/C29H38N6O7/c30-12-4-3-6-21(31)26(38)35-25(16-36)28(40)33-23(13-17-8-10-19(37)11-9-17)27(39)34-24(29(41)42)14-18-15-32-22-7-2-1-5-20(18)22/h1-2,5,7-11,15,21,23-25,32,36-37H,3-4,6,12-14,16,30-31H2,(H,33,40)(H,34,39)(H,35,38)(H,41,42). The Hall–Kier alpha value is -4.46. The van der Waals surface area contributed by atoms with Crippen molar-refractivity contribution in [2.45, 2.75) is 56.3 Å². The lowest BCUT2D eigenvalue weighted by Gasteiger charge is -2.24. The van der Waals surface area contributed by atoms with Gasteiger partial charge in [0.2, 0.25) is 17.7 Å². The summed E-state index contributed by atoms with van der Waals surface area (Å²) in [5.74, 6) is -3.56. The van der Waals surface area contributed by atoms with E-state index in [1.807, 2.05) is 24.3 Å². The minimum Gasteiger partial charge on any atom is -0.508 e. The molecule has 0 saturated heterocycles. The van der Waals surface area contributed by atoms with Crippen LogP contribution in [0, 0.1) is 0 Å². The van der Waals surface area contributed by atoms with Crippen LogP contribution in [0.5, 0.6) is 5.75 Å². The minimum absolute atomic E-state index is 0.000634. The molecule has 1 heterocycles. The zero-order chi connectivity index (χ0) is 30.6. The number of carboxylic acids is 1. The number of benzene rings is 2. The van der Waals surface area contributed by atoms with Crippen LogP contribution in [0.15, 0.2) is 54.7 Å². The Kier molecular flexibility index (Phi) is 11.8. The van der Waals surface area contributed by atoms with E-state index >= 15 is 0 Å². The number of aliphatic carboxylic acids is 1. The molecule has 11 N–H and O–H groups in total. The SMILES string of the molecule is NCCCCC(N)C(=O)NC(CO)C(=O)NC(Cc1ccc(O)cc1)C(=O)NC(Cc1c[nH]c2ccccc12)C(=O)O. The summed E-state index contributed by atoms with van der Waals surface area (Å²) in [7, 11) is 0. The number of aliphatic hydroxyl groups excluding tert-OH is 1. The summed E-state index contributed by atoms with van der Waals surface area (Å²) in [6, 6.07) is 8.33. The lowest BCUT2D eigenvalue weighted by Crippen LogP contribution is -2.58. The molecule has 13 heteroatoms. The number of carboxylic acid groups (broad SMARTS) is 1. The van der Waals surface area contributed by atoms with Gasteiger partial charge in [-0.3, -0.25) is 14.4 Å². The zero-order valence-electron chi connectivity index (χ0n) is 23.1. The van der Waals surface area contributed by atoms with E-state index in [9.17, 15) is 34.5 Å². The van der Waals surface area contributed by atoms with E-state index in [-0.39, 0.29) is 18.6 Å². The van der Waals surface area contributed by atoms with E-state index in [0.29, 0.717) is 36.9 Å². The third-order valence-corrected chi connectivity index (χ3v) is 6.84. The monoisotopic (exact) mass is 582 g/mol. The average Bonchev–Trinajstić information content (AvgIpc) is 3.38. The molecule has 0 radical (unpaired) electrons. The van der Waals surface area contributed by atoms with Gasteiger partial charge in [0.25, 0.3) is 0 Å². The number of H-pyrrole nitrogens is 1. The van der Waals surface area contributed by atoms with Crippen molar-refractivity contribution >= 4 is 34.6 Å². The Balaban J connectivity index is 1.75. The van der Waals surface area contributed by atoms with E-state index in [1.165, 1.54) is 12.1 Å². The molecule has 1 aromatic heterocycles. The number of aliphatic hydroxyl groups is 1. The molecule has 4 unspecified atom stereocenters. The largest absolute Gasteiger partial charge is 0.508 e. The van der Waals surface area contributed by atoms with Gasteiger partial charge in [0.1, 0.15) is 23.9 Å². The Morgan fingerprint density at radius 2 is 1.48 bits per heavy atom. The number of aromatic amines is 1. The van der Waals surface area contributed by atoms with Crippen LogP contribution in [0.25, 0.3) is 10.9 Å². The van der Waals surface area contributed by atoms with Crippen LogP contribution in [0.4, 0.5) is 0 Å². The van der Waals surface area contributed by atoms with E-state index in [1.54, 1.807) is 18.3 Å². The highest BCUT2D eigenvalue weighted by Gasteiger charge is 2.30. The number of fused-ring (bicyclic) bond motifs is 1. The van der Waals surface area contributed by atoms with Gasteiger partial charge in [0, 0.05) is 29.9 Å². The number of phenols is 1. The summed E-state index contributed by atoms with van der Waals surface area (Å²) >= 11 is 0. The first-order valence-electron chi connectivity index (χ1n) is 13.7. The van der Waals surface area contributed by atoms with E-state index in [0.717, 1.165) is 10.9 Å². The second kappa shape index (κ2) is 15.5. The molecule has 3 amide bonds. The van der Waals surface area contributed by atoms with Crippen LogP contribution in [-0.2, 0) is 32.0 Å². The number of phenolic OH excluding ortho intramolecular Hbond substituents is 1. The van der Waals surface area contributed by atoms with Gasteiger partial charge in [-0.15, -0.1) is 0 Å².